The van der Waals surface area contributed by atoms with Gasteiger partial charge in [-0.25, -0.2) is 13.2 Å². The van der Waals surface area contributed by atoms with Crippen molar-refractivity contribution in [3.63, 3.8) is 0 Å². The number of rotatable bonds is 4. The molecule has 2 unspecified atom stereocenters. The van der Waals surface area contributed by atoms with Gasteiger partial charge in [0.15, 0.2) is 17.5 Å². The van der Waals surface area contributed by atoms with Gasteiger partial charge in [0, 0.05) is 11.3 Å². The predicted octanol–water partition coefficient (Wildman–Crippen LogP) is 2.10. The Hall–Kier alpha value is -2.35. The molecule has 1 aromatic heterocycles. The van der Waals surface area contributed by atoms with E-state index >= 15 is 0 Å². The van der Waals surface area contributed by atoms with Crippen molar-refractivity contribution in [2.75, 3.05) is 6.61 Å². The van der Waals surface area contributed by atoms with E-state index in [1.165, 1.54) is 0 Å². The number of nitrogens with zero attached hydrogens (tertiary/aromatic N) is 1. The Labute approximate surface area is 135 Å². The Morgan fingerprint density at radius 2 is 2.08 bits per heavy atom. The number of hydrogen-bond donors (Lipinski definition) is 3. The second kappa shape index (κ2) is 6.64. The number of carbonyl (C=O) groups excluding carboxylic acids is 1. The van der Waals surface area contributed by atoms with Crippen LogP contribution in [0.5, 0.6) is 0 Å². The molecule has 0 saturated heterocycles. The van der Waals surface area contributed by atoms with E-state index in [9.17, 15) is 23.1 Å². The van der Waals surface area contributed by atoms with E-state index in [4.69, 9.17) is 0 Å². The fraction of sp³-hybridized carbons (Fsp3) is 0.375. The van der Waals surface area contributed by atoms with Crippen LogP contribution in [0, 0.1) is 17.5 Å². The molecular weight excluding hydrogens is 323 g/mol. The maximum Gasteiger partial charge on any atom is 0.228 e. The van der Waals surface area contributed by atoms with E-state index in [-0.39, 0.29) is 11.5 Å². The lowest BCUT2D eigenvalue weighted by molar-refractivity contribution is -0.124. The summed E-state index contributed by atoms with van der Waals surface area (Å²) in [6.45, 7) is -0.568. The van der Waals surface area contributed by atoms with E-state index in [1.54, 1.807) is 6.20 Å². The number of fused-ring (bicyclic) bond motifs is 1. The number of amides is 1. The molecule has 0 bridgehead atoms. The van der Waals surface area contributed by atoms with Crippen molar-refractivity contribution in [2.45, 2.75) is 31.2 Å². The maximum atomic E-state index is 13.4. The molecular formula is C16H16F3N3O2. The van der Waals surface area contributed by atoms with Crippen LogP contribution in [0.15, 0.2) is 18.3 Å². The largest absolute Gasteiger partial charge is 0.394 e. The molecule has 1 aromatic carbocycles. The molecule has 2 atom stereocenters. The highest BCUT2D eigenvalue weighted by Crippen LogP contribution is 2.31. The number of aliphatic hydroxyl groups excluding tert-OH is 1. The van der Waals surface area contributed by atoms with Crippen LogP contribution >= 0.6 is 0 Å². The molecule has 0 fully saturated rings. The standard InChI is InChI=1S/C16H16F3N3O2/c17-11-4-8(5-12(18)15(11)19)14(7-23)21-16(24)9-2-1-3-13-10(9)6-20-22-13/h4-6,9,14,23H,1-3,7H2,(H,20,22)(H,21,24). The first-order valence-electron chi connectivity index (χ1n) is 7.59. The Morgan fingerprint density at radius 1 is 1.38 bits per heavy atom. The Morgan fingerprint density at radius 3 is 2.75 bits per heavy atom. The molecule has 3 N–H and O–H groups in total. The van der Waals surface area contributed by atoms with Crippen molar-refractivity contribution in [1.82, 2.24) is 15.5 Å². The van der Waals surface area contributed by atoms with Gasteiger partial charge in [-0.15, -0.1) is 0 Å². The molecule has 0 radical (unpaired) electrons. The summed E-state index contributed by atoms with van der Waals surface area (Å²) in [4.78, 5) is 12.5. The van der Waals surface area contributed by atoms with Crippen molar-refractivity contribution >= 4 is 5.91 Å². The molecule has 0 saturated carbocycles. The summed E-state index contributed by atoms with van der Waals surface area (Å²) < 4.78 is 39.8. The number of aromatic nitrogens is 2. The minimum Gasteiger partial charge on any atom is -0.394 e. The highest BCUT2D eigenvalue weighted by Gasteiger charge is 2.29. The fourth-order valence-corrected chi connectivity index (χ4v) is 3.02. The van der Waals surface area contributed by atoms with Gasteiger partial charge >= 0.3 is 0 Å². The third-order valence-electron chi connectivity index (χ3n) is 4.27. The number of carbonyl (C=O) groups is 1. The van der Waals surface area contributed by atoms with Gasteiger partial charge in [0.2, 0.25) is 5.91 Å². The van der Waals surface area contributed by atoms with Gasteiger partial charge in [-0.2, -0.15) is 5.10 Å². The molecule has 128 valence electrons. The van der Waals surface area contributed by atoms with Crippen LogP contribution in [0.3, 0.4) is 0 Å². The van der Waals surface area contributed by atoms with E-state index in [1.807, 2.05) is 0 Å². The third-order valence-corrected chi connectivity index (χ3v) is 4.27. The zero-order chi connectivity index (χ0) is 17.3. The molecule has 1 heterocycles. The van der Waals surface area contributed by atoms with Crippen LogP contribution in [-0.2, 0) is 11.2 Å². The van der Waals surface area contributed by atoms with Crippen LogP contribution < -0.4 is 5.32 Å². The molecule has 2 aromatic rings. The van der Waals surface area contributed by atoms with Crippen LogP contribution in [0.25, 0.3) is 0 Å². The Balaban J connectivity index is 1.80. The van der Waals surface area contributed by atoms with Gasteiger partial charge in [-0.1, -0.05) is 0 Å². The molecule has 0 aliphatic heterocycles. The number of nitrogens with one attached hydrogen (secondary N) is 2. The number of aliphatic hydroxyl groups is 1. The monoisotopic (exact) mass is 339 g/mol. The van der Waals surface area contributed by atoms with Gasteiger partial charge in [-0.3, -0.25) is 9.89 Å². The van der Waals surface area contributed by atoms with Crippen LogP contribution in [0.4, 0.5) is 13.2 Å². The minimum absolute atomic E-state index is 0.0366. The molecule has 1 aliphatic carbocycles. The molecule has 3 rings (SSSR count). The topological polar surface area (TPSA) is 78.0 Å². The van der Waals surface area contributed by atoms with E-state index in [0.717, 1.165) is 36.2 Å². The smallest absolute Gasteiger partial charge is 0.228 e. The summed E-state index contributed by atoms with van der Waals surface area (Å²) >= 11 is 0. The van der Waals surface area contributed by atoms with E-state index in [2.05, 4.69) is 15.5 Å². The first kappa shape index (κ1) is 16.5. The number of benzene rings is 1. The van der Waals surface area contributed by atoms with Crippen LogP contribution in [-0.4, -0.2) is 27.8 Å². The molecule has 8 heteroatoms. The summed E-state index contributed by atoms with van der Waals surface area (Å²) in [5.41, 5.74) is 1.64. The van der Waals surface area contributed by atoms with E-state index < -0.39 is 36.0 Å². The highest BCUT2D eigenvalue weighted by molar-refractivity contribution is 5.84. The zero-order valence-electron chi connectivity index (χ0n) is 12.7. The maximum absolute atomic E-state index is 13.4. The summed E-state index contributed by atoms with van der Waals surface area (Å²) in [5, 5.41) is 18.8. The minimum atomic E-state index is -1.59. The molecule has 1 amide bonds. The second-order valence-electron chi connectivity index (χ2n) is 5.79. The van der Waals surface area contributed by atoms with Crippen molar-refractivity contribution in [2.24, 2.45) is 0 Å². The highest BCUT2D eigenvalue weighted by atomic mass is 19.2. The molecule has 1 aliphatic rings. The predicted molar refractivity (Wildman–Crippen MR) is 78.6 cm³/mol. The van der Waals surface area contributed by atoms with Gasteiger partial charge in [0.1, 0.15) is 0 Å². The zero-order valence-corrected chi connectivity index (χ0v) is 12.7. The van der Waals surface area contributed by atoms with Gasteiger partial charge in [-0.05, 0) is 37.0 Å². The number of aromatic amines is 1. The fourth-order valence-electron chi connectivity index (χ4n) is 3.02. The SMILES string of the molecule is O=C(NC(CO)c1cc(F)c(F)c(F)c1)C1CCCc2[nH]ncc21. The number of aryl methyl sites for hydroxylation is 1. The Bertz CT molecular complexity index is 740. The quantitative estimate of drug-likeness (QED) is 0.747. The lowest BCUT2D eigenvalue weighted by Crippen LogP contribution is -2.36. The summed E-state index contributed by atoms with van der Waals surface area (Å²) in [5.74, 6) is -5.14. The summed E-state index contributed by atoms with van der Waals surface area (Å²) in [7, 11) is 0. The van der Waals surface area contributed by atoms with Crippen LogP contribution in [0.2, 0.25) is 0 Å². The van der Waals surface area contributed by atoms with Crippen LogP contribution in [0.1, 0.15) is 41.6 Å². The van der Waals surface area contributed by atoms with Crippen molar-refractivity contribution in [3.8, 4) is 0 Å². The third kappa shape index (κ3) is 3.01. The summed E-state index contributed by atoms with van der Waals surface area (Å²) in [6, 6.07) is 0.507. The lowest BCUT2D eigenvalue weighted by Gasteiger charge is -2.24. The molecule has 5 nitrogen and oxygen atoms in total. The first-order chi connectivity index (χ1) is 11.5. The van der Waals surface area contributed by atoms with E-state index in [0.29, 0.717) is 6.42 Å². The normalized spacial score (nSPS) is 18.1. The number of H-pyrrole nitrogens is 1. The second-order valence-corrected chi connectivity index (χ2v) is 5.79. The molecule has 24 heavy (non-hydrogen) atoms. The van der Waals surface area contributed by atoms with Gasteiger partial charge < -0.3 is 10.4 Å². The first-order valence-corrected chi connectivity index (χ1v) is 7.59. The van der Waals surface area contributed by atoms with Crippen molar-refractivity contribution < 1.29 is 23.1 Å². The average molecular weight is 339 g/mol. The molecule has 0 spiro atoms. The number of halogens is 3. The van der Waals surface area contributed by atoms with Crippen molar-refractivity contribution in [3.05, 3.63) is 52.6 Å². The number of hydrogen-bond acceptors (Lipinski definition) is 3. The van der Waals surface area contributed by atoms with Crippen molar-refractivity contribution in [1.29, 1.82) is 0 Å². The van der Waals surface area contributed by atoms with Gasteiger partial charge in [0.25, 0.3) is 0 Å². The summed E-state index contributed by atoms with van der Waals surface area (Å²) in [6.07, 6.45) is 3.81. The average Bonchev–Trinajstić information content (AvgIpc) is 3.05. The lowest BCUT2D eigenvalue weighted by atomic mass is 9.86. The Kier molecular flexibility index (Phi) is 4.57. The van der Waals surface area contributed by atoms with Gasteiger partial charge in [0.05, 0.1) is 24.8 Å².